The molecular weight excluding hydrogens is 358 g/mol. The molecular formula is C21H27N3O4. The maximum absolute atomic E-state index is 12.9. The van der Waals surface area contributed by atoms with Crippen LogP contribution in [0.5, 0.6) is 17.2 Å². The van der Waals surface area contributed by atoms with Crippen LogP contribution in [0.2, 0.25) is 0 Å². The number of carbonyl (C=O) groups excluding carboxylic acids is 1. The molecule has 0 spiro atoms. The SMILES string of the molecule is COc1cc(Nc2cc(C(=O)N3CCCCCC3)ccn2)cc(OC)c1OC. The van der Waals surface area contributed by atoms with Crippen molar-refractivity contribution in [3.63, 3.8) is 0 Å². The van der Waals surface area contributed by atoms with Crippen molar-refractivity contribution >= 4 is 17.4 Å². The first-order valence-corrected chi connectivity index (χ1v) is 9.48. The lowest BCUT2D eigenvalue weighted by molar-refractivity contribution is 0.0761. The first-order valence-electron chi connectivity index (χ1n) is 9.48. The quantitative estimate of drug-likeness (QED) is 0.814. The molecule has 1 fully saturated rings. The molecule has 0 saturated carbocycles. The second kappa shape index (κ2) is 9.30. The Morgan fingerprint density at radius 1 is 0.964 bits per heavy atom. The largest absolute Gasteiger partial charge is 0.493 e. The number of rotatable bonds is 6. The zero-order valence-corrected chi connectivity index (χ0v) is 16.7. The van der Waals surface area contributed by atoms with E-state index in [1.807, 2.05) is 4.90 Å². The normalized spacial score (nSPS) is 14.2. The number of hydrogen-bond acceptors (Lipinski definition) is 6. The first kappa shape index (κ1) is 19.8. The van der Waals surface area contributed by atoms with Gasteiger partial charge in [0.25, 0.3) is 5.91 Å². The number of methoxy groups -OCH3 is 3. The number of amides is 1. The summed E-state index contributed by atoms with van der Waals surface area (Å²) in [4.78, 5) is 19.1. The van der Waals surface area contributed by atoms with Gasteiger partial charge >= 0.3 is 0 Å². The fourth-order valence-corrected chi connectivity index (χ4v) is 3.39. The van der Waals surface area contributed by atoms with Gasteiger partial charge in [-0.2, -0.15) is 0 Å². The van der Waals surface area contributed by atoms with Crippen molar-refractivity contribution in [2.45, 2.75) is 25.7 Å². The molecule has 0 unspecified atom stereocenters. The summed E-state index contributed by atoms with van der Waals surface area (Å²) in [6.07, 6.45) is 6.15. The van der Waals surface area contributed by atoms with E-state index in [4.69, 9.17) is 14.2 Å². The van der Waals surface area contributed by atoms with Crippen LogP contribution in [0.25, 0.3) is 0 Å². The van der Waals surface area contributed by atoms with Gasteiger partial charge < -0.3 is 24.4 Å². The van der Waals surface area contributed by atoms with Crippen LogP contribution >= 0.6 is 0 Å². The van der Waals surface area contributed by atoms with E-state index < -0.39 is 0 Å². The van der Waals surface area contributed by atoms with E-state index >= 15 is 0 Å². The summed E-state index contributed by atoms with van der Waals surface area (Å²) in [6, 6.07) is 7.13. The number of pyridine rings is 1. The molecule has 7 heteroatoms. The first-order chi connectivity index (χ1) is 13.7. The Labute approximate surface area is 165 Å². The minimum Gasteiger partial charge on any atom is -0.493 e. The highest BCUT2D eigenvalue weighted by atomic mass is 16.5. The van der Waals surface area contributed by atoms with Gasteiger partial charge in [-0.3, -0.25) is 4.79 Å². The average molecular weight is 385 g/mol. The van der Waals surface area contributed by atoms with Crippen molar-refractivity contribution in [1.82, 2.24) is 9.88 Å². The number of benzene rings is 1. The number of likely N-dealkylation sites (tertiary alicyclic amines) is 1. The summed E-state index contributed by atoms with van der Waals surface area (Å²) >= 11 is 0. The minimum atomic E-state index is 0.0530. The van der Waals surface area contributed by atoms with Gasteiger partial charge in [0, 0.05) is 42.7 Å². The van der Waals surface area contributed by atoms with Gasteiger partial charge in [0.15, 0.2) is 11.5 Å². The zero-order valence-electron chi connectivity index (χ0n) is 16.7. The molecule has 3 rings (SSSR count). The Bertz CT molecular complexity index is 792. The highest BCUT2D eigenvalue weighted by molar-refractivity contribution is 5.95. The van der Waals surface area contributed by atoms with E-state index in [9.17, 15) is 4.79 Å². The van der Waals surface area contributed by atoms with Crippen molar-refractivity contribution in [2.24, 2.45) is 0 Å². The van der Waals surface area contributed by atoms with Crippen LogP contribution in [0, 0.1) is 0 Å². The van der Waals surface area contributed by atoms with Gasteiger partial charge in [-0.15, -0.1) is 0 Å². The summed E-state index contributed by atoms with van der Waals surface area (Å²) in [6.45, 7) is 1.63. The van der Waals surface area contributed by atoms with Crippen molar-refractivity contribution in [3.8, 4) is 17.2 Å². The van der Waals surface area contributed by atoms with Crippen LogP contribution in [-0.4, -0.2) is 50.2 Å². The molecule has 2 heterocycles. The Morgan fingerprint density at radius 2 is 1.61 bits per heavy atom. The van der Waals surface area contributed by atoms with E-state index in [1.165, 1.54) is 12.8 Å². The number of nitrogens with zero attached hydrogens (tertiary/aromatic N) is 2. The zero-order chi connectivity index (χ0) is 19.9. The van der Waals surface area contributed by atoms with Gasteiger partial charge in [0.1, 0.15) is 5.82 Å². The third kappa shape index (κ3) is 4.47. The fraction of sp³-hybridized carbons (Fsp3) is 0.429. The topological polar surface area (TPSA) is 72.9 Å². The van der Waals surface area contributed by atoms with Crippen molar-refractivity contribution in [2.75, 3.05) is 39.7 Å². The lowest BCUT2D eigenvalue weighted by Crippen LogP contribution is -2.31. The highest BCUT2D eigenvalue weighted by Gasteiger charge is 2.18. The number of ether oxygens (including phenoxy) is 3. The third-order valence-electron chi connectivity index (χ3n) is 4.84. The molecule has 0 aliphatic carbocycles. The molecule has 1 aliphatic heterocycles. The van der Waals surface area contributed by atoms with Gasteiger partial charge in [0.05, 0.1) is 21.3 Å². The van der Waals surface area contributed by atoms with Crippen LogP contribution in [0.1, 0.15) is 36.0 Å². The molecule has 0 radical (unpaired) electrons. The van der Waals surface area contributed by atoms with Crippen LogP contribution in [0.15, 0.2) is 30.5 Å². The van der Waals surface area contributed by atoms with E-state index in [0.29, 0.717) is 28.6 Å². The van der Waals surface area contributed by atoms with Crippen LogP contribution in [-0.2, 0) is 0 Å². The molecule has 28 heavy (non-hydrogen) atoms. The predicted molar refractivity (Wildman–Crippen MR) is 108 cm³/mol. The predicted octanol–water partition coefficient (Wildman–Crippen LogP) is 3.87. The maximum atomic E-state index is 12.9. The van der Waals surface area contributed by atoms with Gasteiger partial charge in [0.2, 0.25) is 5.75 Å². The molecule has 1 saturated heterocycles. The Kier molecular flexibility index (Phi) is 6.57. The number of carbonyl (C=O) groups is 1. The molecule has 1 N–H and O–H groups in total. The Morgan fingerprint density at radius 3 is 2.18 bits per heavy atom. The molecule has 1 amide bonds. The van der Waals surface area contributed by atoms with Crippen molar-refractivity contribution < 1.29 is 19.0 Å². The van der Waals surface area contributed by atoms with Crippen LogP contribution in [0.3, 0.4) is 0 Å². The van der Waals surface area contributed by atoms with Crippen LogP contribution < -0.4 is 19.5 Å². The second-order valence-corrected chi connectivity index (χ2v) is 6.68. The van der Waals surface area contributed by atoms with E-state index in [1.54, 1.807) is 51.8 Å². The van der Waals surface area contributed by atoms with E-state index in [2.05, 4.69) is 10.3 Å². The number of nitrogens with one attached hydrogen (secondary N) is 1. The Balaban J connectivity index is 1.82. The van der Waals surface area contributed by atoms with Crippen LogP contribution in [0.4, 0.5) is 11.5 Å². The molecule has 0 atom stereocenters. The molecule has 0 bridgehead atoms. The molecule has 1 aliphatic rings. The molecule has 1 aromatic heterocycles. The monoisotopic (exact) mass is 385 g/mol. The van der Waals surface area contributed by atoms with E-state index in [-0.39, 0.29) is 5.91 Å². The van der Waals surface area contributed by atoms with Gasteiger partial charge in [-0.05, 0) is 25.0 Å². The Hall–Kier alpha value is -2.96. The minimum absolute atomic E-state index is 0.0530. The summed E-state index contributed by atoms with van der Waals surface area (Å²) in [5.74, 6) is 2.24. The average Bonchev–Trinajstić information content (AvgIpc) is 3.02. The molecule has 150 valence electrons. The molecule has 7 nitrogen and oxygen atoms in total. The molecule has 1 aromatic carbocycles. The second-order valence-electron chi connectivity index (χ2n) is 6.68. The summed E-state index contributed by atoms with van der Waals surface area (Å²) in [7, 11) is 4.70. The number of aromatic nitrogens is 1. The standard InChI is InChI=1S/C21H27N3O4/c1-26-17-13-16(14-18(27-2)20(17)28-3)23-19-12-15(8-9-22-19)21(25)24-10-6-4-5-7-11-24/h8-9,12-14H,4-7,10-11H2,1-3H3,(H,22,23). The highest BCUT2D eigenvalue weighted by Crippen LogP contribution is 2.40. The lowest BCUT2D eigenvalue weighted by Gasteiger charge is -2.20. The van der Waals surface area contributed by atoms with Gasteiger partial charge in [-0.1, -0.05) is 12.8 Å². The van der Waals surface area contributed by atoms with E-state index in [0.717, 1.165) is 31.6 Å². The summed E-state index contributed by atoms with van der Waals surface area (Å²) in [5, 5.41) is 3.22. The number of anilines is 2. The number of hydrogen-bond donors (Lipinski definition) is 1. The van der Waals surface area contributed by atoms with Crippen molar-refractivity contribution in [1.29, 1.82) is 0 Å². The smallest absolute Gasteiger partial charge is 0.254 e. The summed E-state index contributed by atoms with van der Waals surface area (Å²) in [5.41, 5.74) is 1.35. The summed E-state index contributed by atoms with van der Waals surface area (Å²) < 4.78 is 16.1. The lowest BCUT2D eigenvalue weighted by atomic mass is 10.2. The fourth-order valence-electron chi connectivity index (χ4n) is 3.39. The van der Waals surface area contributed by atoms with Gasteiger partial charge in [-0.25, -0.2) is 4.98 Å². The maximum Gasteiger partial charge on any atom is 0.254 e. The third-order valence-corrected chi connectivity index (χ3v) is 4.84. The molecule has 2 aromatic rings. The van der Waals surface area contributed by atoms with Crippen molar-refractivity contribution in [3.05, 3.63) is 36.0 Å².